The monoisotopic (exact) mass is 590 g/mol. The maximum atomic E-state index is 14.3. The van der Waals surface area contributed by atoms with Crippen molar-refractivity contribution in [2.45, 2.75) is 50.8 Å². The van der Waals surface area contributed by atoms with Gasteiger partial charge >= 0.3 is 0 Å². The Labute approximate surface area is 249 Å². The minimum atomic E-state index is -2.66. The van der Waals surface area contributed by atoms with Gasteiger partial charge in [0.15, 0.2) is 11.4 Å². The van der Waals surface area contributed by atoms with Gasteiger partial charge in [-0.1, -0.05) is 19.1 Å². The Morgan fingerprint density at radius 3 is 2.49 bits per heavy atom. The van der Waals surface area contributed by atoms with Gasteiger partial charge in [-0.25, -0.2) is 0 Å². The number of likely N-dealkylation sites (N-methyl/N-ethyl adjacent to an activating group) is 1. The SMILES string of the molecule is CCCNc1c2c(c(O)c3cc(CN4CCC4)ccc13)C(=O)C1=C(O)[C@]3(O)C(=O)C(C(N)=O)=C(O)[C@@H](N(C)C)[C@@H]3C[C@@H]1C2. The molecule has 0 unspecified atom stereocenters. The fourth-order valence-electron chi connectivity index (χ4n) is 7.52. The van der Waals surface area contributed by atoms with Crippen molar-refractivity contribution in [1.82, 2.24) is 9.80 Å². The summed E-state index contributed by atoms with van der Waals surface area (Å²) in [6.45, 7) is 5.39. The topological polar surface area (TPSA) is 177 Å². The van der Waals surface area contributed by atoms with Gasteiger partial charge in [-0.2, -0.15) is 0 Å². The fourth-order valence-corrected chi connectivity index (χ4v) is 7.52. The molecular weight excluding hydrogens is 552 g/mol. The number of aliphatic hydroxyl groups is 3. The summed E-state index contributed by atoms with van der Waals surface area (Å²) in [5.41, 5.74) is 4.14. The van der Waals surface area contributed by atoms with E-state index in [-0.39, 0.29) is 29.7 Å². The molecule has 1 fully saturated rings. The van der Waals surface area contributed by atoms with E-state index in [0.717, 1.165) is 49.1 Å². The van der Waals surface area contributed by atoms with Crippen molar-refractivity contribution in [1.29, 1.82) is 0 Å². The van der Waals surface area contributed by atoms with Crippen LogP contribution in [0.1, 0.15) is 47.7 Å². The Hall–Kier alpha value is -3.93. The number of aromatic hydroxyl groups is 1. The van der Waals surface area contributed by atoms with E-state index in [4.69, 9.17) is 5.73 Å². The second-order valence-electron chi connectivity index (χ2n) is 12.5. The zero-order chi connectivity index (χ0) is 31.0. The molecule has 11 heteroatoms. The molecule has 1 saturated heterocycles. The summed E-state index contributed by atoms with van der Waals surface area (Å²) < 4.78 is 0. The van der Waals surface area contributed by atoms with E-state index in [1.807, 2.05) is 25.1 Å². The Morgan fingerprint density at radius 1 is 1.16 bits per heavy atom. The number of phenolic OH excluding ortho intramolecular Hbond substituents is 1. The van der Waals surface area contributed by atoms with E-state index in [1.54, 1.807) is 19.0 Å². The molecule has 0 saturated carbocycles. The summed E-state index contributed by atoms with van der Waals surface area (Å²) in [6, 6.07) is 4.86. The van der Waals surface area contributed by atoms with E-state index in [1.165, 1.54) is 0 Å². The lowest BCUT2D eigenvalue weighted by atomic mass is 9.58. The number of amides is 1. The molecule has 0 spiro atoms. The second-order valence-corrected chi connectivity index (χ2v) is 12.5. The number of aliphatic hydroxyl groups excluding tert-OH is 2. The number of nitrogens with one attached hydrogen (secondary N) is 1. The predicted octanol–water partition coefficient (Wildman–Crippen LogP) is 2.30. The lowest BCUT2D eigenvalue weighted by Crippen LogP contribution is -2.63. The Kier molecular flexibility index (Phi) is 7.02. The van der Waals surface area contributed by atoms with Gasteiger partial charge in [0.05, 0.1) is 11.6 Å². The van der Waals surface area contributed by atoms with Gasteiger partial charge in [-0.3, -0.25) is 24.2 Å². The molecule has 1 heterocycles. The predicted molar refractivity (Wildman–Crippen MR) is 160 cm³/mol. The van der Waals surface area contributed by atoms with Crippen molar-refractivity contribution in [3.8, 4) is 5.75 Å². The Balaban J connectivity index is 1.55. The maximum Gasteiger partial charge on any atom is 0.255 e. The molecule has 228 valence electrons. The van der Waals surface area contributed by atoms with E-state index < -0.39 is 58.0 Å². The van der Waals surface area contributed by atoms with Crippen LogP contribution in [-0.4, -0.2) is 93.1 Å². The molecule has 4 atom stereocenters. The van der Waals surface area contributed by atoms with Gasteiger partial charge in [-0.05, 0) is 76.0 Å². The van der Waals surface area contributed by atoms with Gasteiger partial charge in [0.1, 0.15) is 22.8 Å². The standard InChI is InChI=1S/C32H38N4O7/c1-4-8-34-24-17-7-6-15(14-36-9-5-10-36)11-18(17)26(37)22-19(24)12-16-13-20-25(35(2)3)28(39)23(31(33)42)30(41)32(20,43)29(40)21(16)27(22)38/h6-7,11,16,20,25,34,37,39-40,43H,4-5,8-10,12-14H2,1-3H3,(H2,33,42)/t16-,20-,25-,32-/m0/s1. The molecule has 0 aromatic heterocycles. The number of fused-ring (bicyclic) bond motifs is 4. The fraction of sp³-hybridized carbons (Fsp3) is 0.469. The van der Waals surface area contributed by atoms with Crippen molar-refractivity contribution in [2.75, 3.05) is 39.0 Å². The number of allylic oxidation sites excluding steroid dienone is 1. The van der Waals surface area contributed by atoms with Gasteiger partial charge in [-0.15, -0.1) is 0 Å². The highest BCUT2D eigenvalue weighted by Gasteiger charge is 2.63. The van der Waals surface area contributed by atoms with E-state index in [2.05, 4.69) is 10.2 Å². The Bertz CT molecular complexity index is 1640. The molecule has 1 amide bonds. The minimum Gasteiger partial charge on any atom is -0.510 e. The van der Waals surface area contributed by atoms with Crippen LogP contribution in [0.25, 0.3) is 10.8 Å². The van der Waals surface area contributed by atoms with E-state index in [0.29, 0.717) is 17.5 Å². The number of carbonyl (C=O) groups excluding carboxylic acids is 3. The van der Waals surface area contributed by atoms with Crippen LogP contribution in [-0.2, 0) is 22.6 Å². The summed E-state index contributed by atoms with van der Waals surface area (Å²) in [4.78, 5) is 43.9. The number of ketones is 2. The smallest absolute Gasteiger partial charge is 0.255 e. The molecule has 0 bridgehead atoms. The number of nitrogens with two attached hydrogens (primary N) is 1. The highest BCUT2D eigenvalue weighted by atomic mass is 16.3. The number of benzene rings is 2. The number of rotatable bonds is 7. The summed E-state index contributed by atoms with van der Waals surface area (Å²) in [7, 11) is 3.22. The summed E-state index contributed by atoms with van der Waals surface area (Å²) >= 11 is 0. The van der Waals surface area contributed by atoms with E-state index >= 15 is 0 Å². The molecule has 0 radical (unpaired) electrons. The normalized spacial score (nSPS) is 27.2. The van der Waals surface area contributed by atoms with Crippen molar-refractivity contribution in [2.24, 2.45) is 17.6 Å². The third-order valence-corrected chi connectivity index (χ3v) is 9.67. The third kappa shape index (κ3) is 4.16. The average Bonchev–Trinajstić information content (AvgIpc) is 2.92. The van der Waals surface area contributed by atoms with Gasteiger partial charge in [0.25, 0.3) is 5.91 Å². The molecule has 4 aliphatic rings. The van der Waals surface area contributed by atoms with Crippen molar-refractivity contribution in [3.63, 3.8) is 0 Å². The highest BCUT2D eigenvalue weighted by molar-refractivity contribution is 6.25. The average molecular weight is 591 g/mol. The Morgan fingerprint density at radius 2 is 1.88 bits per heavy atom. The second kappa shape index (κ2) is 10.4. The van der Waals surface area contributed by atoms with Crippen LogP contribution in [0.3, 0.4) is 0 Å². The van der Waals surface area contributed by atoms with Crippen LogP contribution in [0.5, 0.6) is 5.75 Å². The number of nitrogens with zero attached hydrogens (tertiary/aromatic N) is 2. The van der Waals surface area contributed by atoms with Crippen LogP contribution in [0.15, 0.2) is 40.9 Å². The molecule has 43 heavy (non-hydrogen) atoms. The molecule has 6 rings (SSSR count). The summed E-state index contributed by atoms with van der Waals surface area (Å²) in [6.07, 6.45) is 2.25. The number of primary amides is 1. The number of anilines is 1. The minimum absolute atomic E-state index is 0.0213. The molecule has 11 nitrogen and oxygen atoms in total. The van der Waals surface area contributed by atoms with Crippen molar-refractivity contribution in [3.05, 3.63) is 57.6 Å². The molecule has 1 aliphatic heterocycles. The van der Waals surface area contributed by atoms with Crippen LogP contribution >= 0.6 is 0 Å². The molecule has 2 aromatic carbocycles. The largest absolute Gasteiger partial charge is 0.510 e. The van der Waals surface area contributed by atoms with Gasteiger partial charge in [0.2, 0.25) is 5.78 Å². The van der Waals surface area contributed by atoms with Crippen LogP contribution in [0, 0.1) is 11.8 Å². The number of likely N-dealkylation sites (tertiary alicyclic amines) is 1. The van der Waals surface area contributed by atoms with Crippen LogP contribution in [0.4, 0.5) is 5.69 Å². The highest BCUT2D eigenvalue weighted by Crippen LogP contribution is 2.54. The van der Waals surface area contributed by atoms with E-state index in [9.17, 15) is 34.8 Å². The molecular formula is C32H38N4O7. The zero-order valence-corrected chi connectivity index (χ0v) is 24.6. The number of hydrogen-bond donors (Lipinski definition) is 6. The van der Waals surface area contributed by atoms with Gasteiger partial charge < -0.3 is 31.5 Å². The first-order valence-electron chi connectivity index (χ1n) is 14.8. The van der Waals surface area contributed by atoms with Crippen LogP contribution in [0.2, 0.25) is 0 Å². The lowest BCUT2D eigenvalue weighted by Gasteiger charge is -2.50. The van der Waals surface area contributed by atoms with Gasteiger partial charge in [0, 0.05) is 41.0 Å². The first-order chi connectivity index (χ1) is 20.4. The number of Topliss-reactive ketones (excluding diaryl/α,β-unsaturated/α-hetero) is 2. The summed E-state index contributed by atoms with van der Waals surface area (Å²) in [5.74, 6) is -6.53. The number of carbonyl (C=O) groups is 3. The lowest BCUT2D eigenvalue weighted by molar-refractivity contribution is -0.148. The molecule has 2 aromatic rings. The molecule has 7 N–H and O–H groups in total. The van der Waals surface area contributed by atoms with Crippen molar-refractivity contribution < 1.29 is 34.8 Å². The van der Waals surface area contributed by atoms with Crippen LogP contribution < -0.4 is 11.1 Å². The summed E-state index contributed by atoms with van der Waals surface area (Å²) in [5, 5.41) is 50.8. The number of hydrogen-bond acceptors (Lipinski definition) is 10. The van der Waals surface area contributed by atoms with Crippen molar-refractivity contribution >= 4 is 33.9 Å². The zero-order valence-electron chi connectivity index (χ0n) is 24.6. The third-order valence-electron chi connectivity index (χ3n) is 9.67. The molecule has 3 aliphatic carbocycles. The number of phenols is 1. The quantitative estimate of drug-likeness (QED) is 0.207. The first kappa shape index (κ1) is 29.2. The first-order valence-corrected chi connectivity index (χ1v) is 14.8. The maximum absolute atomic E-state index is 14.3.